The summed E-state index contributed by atoms with van der Waals surface area (Å²) in [4.78, 5) is 2.72. The molecule has 2 saturated heterocycles. The smallest absolute Gasteiger partial charge is 0.0145 e. The van der Waals surface area contributed by atoms with E-state index in [0.29, 0.717) is 17.4 Å². The average Bonchev–Trinajstić information content (AvgIpc) is 2.73. The van der Waals surface area contributed by atoms with Crippen molar-refractivity contribution in [2.45, 2.75) is 52.6 Å². The van der Waals surface area contributed by atoms with Gasteiger partial charge in [0.15, 0.2) is 0 Å². The first-order chi connectivity index (χ1) is 8.47. The van der Waals surface area contributed by atoms with Crippen LogP contribution in [0.2, 0.25) is 0 Å². The standard InChI is InChI=1S/C17H25N/c1-11-8-6-7-9-15(11)16-14(4)18-10-17(16,5)12(2)13(18)3/h6-9,12-14,16H,10H2,1-5H3. The highest BCUT2D eigenvalue weighted by atomic mass is 15.3. The Labute approximate surface area is 111 Å². The fourth-order valence-corrected chi connectivity index (χ4v) is 4.71. The summed E-state index contributed by atoms with van der Waals surface area (Å²) >= 11 is 0. The van der Waals surface area contributed by atoms with Crippen molar-refractivity contribution in [2.75, 3.05) is 6.54 Å². The van der Waals surface area contributed by atoms with Crippen LogP contribution in [-0.4, -0.2) is 23.5 Å². The van der Waals surface area contributed by atoms with Gasteiger partial charge in [-0.05, 0) is 43.2 Å². The average molecular weight is 243 g/mol. The van der Waals surface area contributed by atoms with E-state index >= 15 is 0 Å². The fourth-order valence-electron chi connectivity index (χ4n) is 4.71. The molecule has 2 fully saturated rings. The molecule has 1 nitrogen and oxygen atoms in total. The third-order valence-electron chi connectivity index (χ3n) is 6.05. The lowest BCUT2D eigenvalue weighted by atomic mass is 9.63. The fraction of sp³-hybridized carbons (Fsp3) is 0.647. The van der Waals surface area contributed by atoms with Gasteiger partial charge in [-0.25, -0.2) is 0 Å². The van der Waals surface area contributed by atoms with Crippen molar-refractivity contribution in [3.63, 3.8) is 0 Å². The molecule has 0 saturated carbocycles. The summed E-state index contributed by atoms with van der Waals surface area (Å²) in [5, 5.41) is 0. The van der Waals surface area contributed by atoms with E-state index in [4.69, 9.17) is 0 Å². The first kappa shape index (κ1) is 12.2. The van der Waals surface area contributed by atoms with Crippen LogP contribution in [-0.2, 0) is 0 Å². The van der Waals surface area contributed by atoms with Gasteiger partial charge in [-0.3, -0.25) is 4.90 Å². The maximum Gasteiger partial charge on any atom is 0.0145 e. The van der Waals surface area contributed by atoms with Crippen molar-refractivity contribution in [3.8, 4) is 0 Å². The first-order valence-electron chi connectivity index (χ1n) is 7.28. The summed E-state index contributed by atoms with van der Waals surface area (Å²) in [6.07, 6.45) is 0. The van der Waals surface area contributed by atoms with Crippen molar-refractivity contribution < 1.29 is 0 Å². The van der Waals surface area contributed by atoms with Gasteiger partial charge in [-0.15, -0.1) is 0 Å². The molecule has 2 heterocycles. The van der Waals surface area contributed by atoms with Gasteiger partial charge in [-0.2, -0.15) is 0 Å². The van der Waals surface area contributed by atoms with Crippen molar-refractivity contribution in [1.82, 2.24) is 4.90 Å². The number of hydrogen-bond donors (Lipinski definition) is 0. The molecule has 3 rings (SSSR count). The molecule has 6 atom stereocenters. The zero-order chi connectivity index (χ0) is 13.1. The molecule has 2 bridgehead atoms. The van der Waals surface area contributed by atoms with Crippen molar-refractivity contribution in [2.24, 2.45) is 11.3 Å². The van der Waals surface area contributed by atoms with Crippen LogP contribution in [0.5, 0.6) is 0 Å². The molecule has 6 unspecified atom stereocenters. The second kappa shape index (κ2) is 3.84. The monoisotopic (exact) mass is 243 g/mol. The number of hydrogen-bond acceptors (Lipinski definition) is 1. The minimum atomic E-state index is 0.449. The predicted molar refractivity (Wildman–Crippen MR) is 76.8 cm³/mol. The minimum Gasteiger partial charge on any atom is -0.296 e. The van der Waals surface area contributed by atoms with E-state index in [0.717, 1.165) is 12.0 Å². The maximum absolute atomic E-state index is 2.72. The molecule has 1 heteroatoms. The first-order valence-corrected chi connectivity index (χ1v) is 7.28. The number of rotatable bonds is 1. The van der Waals surface area contributed by atoms with E-state index in [1.807, 2.05) is 0 Å². The van der Waals surface area contributed by atoms with Crippen LogP contribution < -0.4 is 0 Å². The normalized spacial score (nSPS) is 46.6. The van der Waals surface area contributed by atoms with E-state index in [9.17, 15) is 0 Å². The molecule has 0 aliphatic carbocycles. The SMILES string of the molecule is Cc1ccccc1C1C(C)N2CC1(C)C(C)C2C. The van der Waals surface area contributed by atoms with Crippen LogP contribution in [0.3, 0.4) is 0 Å². The van der Waals surface area contributed by atoms with Gasteiger partial charge >= 0.3 is 0 Å². The third kappa shape index (κ3) is 1.37. The summed E-state index contributed by atoms with van der Waals surface area (Å²) in [5.41, 5.74) is 3.49. The van der Waals surface area contributed by atoms with Crippen LogP contribution >= 0.6 is 0 Å². The molecule has 0 aromatic heterocycles. The second-order valence-electron chi connectivity index (χ2n) is 6.78. The quantitative estimate of drug-likeness (QED) is 0.724. The van der Waals surface area contributed by atoms with E-state index in [2.05, 4.69) is 63.8 Å². The summed E-state index contributed by atoms with van der Waals surface area (Å²) in [7, 11) is 0. The zero-order valence-corrected chi connectivity index (χ0v) is 12.3. The van der Waals surface area contributed by atoms with Gasteiger partial charge in [0.2, 0.25) is 0 Å². The van der Waals surface area contributed by atoms with Gasteiger partial charge in [-0.1, -0.05) is 38.1 Å². The molecule has 0 N–H and O–H groups in total. The van der Waals surface area contributed by atoms with Gasteiger partial charge in [0.05, 0.1) is 0 Å². The Morgan fingerprint density at radius 3 is 2.39 bits per heavy atom. The van der Waals surface area contributed by atoms with E-state index in [1.165, 1.54) is 12.1 Å². The van der Waals surface area contributed by atoms with Crippen LogP contribution in [0.1, 0.15) is 44.7 Å². The lowest BCUT2D eigenvalue weighted by Crippen LogP contribution is -2.45. The molecule has 0 amide bonds. The Bertz CT molecular complexity index is 466. The van der Waals surface area contributed by atoms with Gasteiger partial charge < -0.3 is 0 Å². The molecule has 0 spiro atoms. The molecule has 2 aliphatic heterocycles. The van der Waals surface area contributed by atoms with Crippen molar-refractivity contribution in [1.29, 1.82) is 0 Å². The Morgan fingerprint density at radius 2 is 1.78 bits per heavy atom. The summed E-state index contributed by atoms with van der Waals surface area (Å²) < 4.78 is 0. The molecule has 18 heavy (non-hydrogen) atoms. The van der Waals surface area contributed by atoms with Crippen molar-refractivity contribution >= 4 is 0 Å². The molecule has 1 aromatic rings. The highest BCUT2D eigenvalue weighted by Crippen LogP contribution is 2.58. The highest BCUT2D eigenvalue weighted by molar-refractivity contribution is 5.35. The molecule has 2 aliphatic rings. The number of piperidine rings is 1. The van der Waals surface area contributed by atoms with Crippen molar-refractivity contribution in [3.05, 3.63) is 35.4 Å². The number of aryl methyl sites for hydroxylation is 1. The Balaban J connectivity index is 2.07. The maximum atomic E-state index is 2.72. The van der Waals surface area contributed by atoms with Crippen LogP contribution in [0, 0.1) is 18.3 Å². The van der Waals surface area contributed by atoms with E-state index < -0.39 is 0 Å². The Morgan fingerprint density at radius 1 is 1.11 bits per heavy atom. The second-order valence-corrected chi connectivity index (χ2v) is 6.78. The number of benzene rings is 1. The van der Waals surface area contributed by atoms with E-state index in [1.54, 1.807) is 5.56 Å². The predicted octanol–water partition coefficient (Wildman–Crippen LogP) is 3.83. The molecule has 98 valence electrons. The molecule has 1 aromatic carbocycles. The number of nitrogens with zero attached hydrogens (tertiary/aromatic N) is 1. The lowest BCUT2D eigenvalue weighted by molar-refractivity contribution is 0.112. The lowest BCUT2D eigenvalue weighted by Gasteiger charge is -2.44. The number of fused-ring (bicyclic) bond motifs is 2. The van der Waals surface area contributed by atoms with Gasteiger partial charge in [0.1, 0.15) is 0 Å². The topological polar surface area (TPSA) is 3.24 Å². The highest BCUT2D eigenvalue weighted by Gasteiger charge is 2.59. The molecule has 0 radical (unpaired) electrons. The van der Waals surface area contributed by atoms with Gasteiger partial charge in [0, 0.05) is 24.5 Å². The van der Waals surface area contributed by atoms with E-state index in [-0.39, 0.29) is 0 Å². The van der Waals surface area contributed by atoms with Gasteiger partial charge in [0.25, 0.3) is 0 Å². The third-order valence-corrected chi connectivity index (χ3v) is 6.05. The minimum absolute atomic E-state index is 0.449. The molecular formula is C17H25N. The summed E-state index contributed by atoms with van der Waals surface area (Å²) in [5.74, 6) is 1.49. The Hall–Kier alpha value is -0.820. The van der Waals surface area contributed by atoms with Crippen LogP contribution in [0.15, 0.2) is 24.3 Å². The van der Waals surface area contributed by atoms with Crippen LogP contribution in [0.25, 0.3) is 0 Å². The largest absolute Gasteiger partial charge is 0.296 e. The summed E-state index contributed by atoms with van der Waals surface area (Å²) in [6, 6.07) is 10.4. The zero-order valence-electron chi connectivity index (χ0n) is 12.3. The van der Waals surface area contributed by atoms with Crippen LogP contribution in [0.4, 0.5) is 0 Å². The Kier molecular flexibility index (Phi) is 2.60. The summed E-state index contributed by atoms with van der Waals surface area (Å²) in [6.45, 7) is 13.3. The molecular weight excluding hydrogens is 218 g/mol.